The summed E-state index contributed by atoms with van der Waals surface area (Å²) in [6.07, 6.45) is 6.63. The normalized spacial score (nSPS) is 33.5. The molecule has 1 saturated carbocycles. The van der Waals surface area contributed by atoms with Crippen LogP contribution in [-0.2, 0) is 14.3 Å². The van der Waals surface area contributed by atoms with Crippen molar-refractivity contribution in [2.24, 2.45) is 17.8 Å². The van der Waals surface area contributed by atoms with Crippen molar-refractivity contribution in [1.82, 2.24) is 0 Å². The van der Waals surface area contributed by atoms with Crippen LogP contribution < -0.4 is 4.74 Å². The molecular weight excluding hydrogens is 304 g/mol. The number of carbonyl (C=O) groups excluding carboxylic acids is 2. The van der Waals surface area contributed by atoms with E-state index in [2.05, 4.69) is 13.2 Å². The molecule has 0 spiro atoms. The van der Waals surface area contributed by atoms with E-state index in [4.69, 9.17) is 9.47 Å². The highest BCUT2D eigenvalue weighted by Crippen LogP contribution is 2.62. The summed E-state index contributed by atoms with van der Waals surface area (Å²) < 4.78 is 11.0. The minimum Gasteiger partial charge on any atom is -0.426 e. The minimum atomic E-state index is -0.378. The van der Waals surface area contributed by atoms with E-state index >= 15 is 0 Å². The van der Waals surface area contributed by atoms with Crippen molar-refractivity contribution in [2.45, 2.75) is 5.92 Å². The van der Waals surface area contributed by atoms with Gasteiger partial charge >= 0.3 is 11.9 Å². The van der Waals surface area contributed by atoms with Gasteiger partial charge in [-0.15, -0.1) is 0 Å². The molecule has 2 aliphatic heterocycles. The van der Waals surface area contributed by atoms with Crippen LogP contribution in [0.4, 0.5) is 0 Å². The van der Waals surface area contributed by atoms with Crippen LogP contribution in [-0.4, -0.2) is 11.9 Å². The Balaban J connectivity index is 1.83. The van der Waals surface area contributed by atoms with Gasteiger partial charge in [-0.25, -0.2) is 0 Å². The van der Waals surface area contributed by atoms with Crippen molar-refractivity contribution < 1.29 is 19.1 Å². The largest absolute Gasteiger partial charge is 0.426 e. The SMILES string of the molecule is C=C/C=C1\C(=C/C=C)OC(=O)C2C1C1C(=O)Oc3ccccc3C21. The number of allylic oxidation sites excluding steroid dienone is 5. The molecule has 0 aromatic heterocycles. The Labute approximate surface area is 139 Å². The van der Waals surface area contributed by atoms with Gasteiger partial charge in [0.25, 0.3) is 0 Å². The number of benzene rings is 1. The van der Waals surface area contributed by atoms with E-state index < -0.39 is 0 Å². The number of carbonyl (C=O) groups is 2. The molecule has 4 unspecified atom stereocenters. The first kappa shape index (κ1) is 14.7. The third kappa shape index (κ3) is 1.86. The van der Waals surface area contributed by atoms with Gasteiger partial charge in [0.2, 0.25) is 0 Å². The summed E-state index contributed by atoms with van der Waals surface area (Å²) in [4.78, 5) is 25.1. The lowest BCUT2D eigenvalue weighted by Crippen LogP contribution is -2.58. The van der Waals surface area contributed by atoms with Crippen LogP contribution in [0, 0.1) is 17.8 Å². The monoisotopic (exact) mass is 320 g/mol. The Bertz CT molecular complexity index is 830. The lowest BCUT2D eigenvalue weighted by molar-refractivity contribution is -0.169. The Kier molecular flexibility index (Phi) is 3.27. The highest BCUT2D eigenvalue weighted by molar-refractivity contribution is 5.90. The number of hydrogen-bond donors (Lipinski definition) is 0. The predicted molar refractivity (Wildman–Crippen MR) is 87.9 cm³/mol. The van der Waals surface area contributed by atoms with Crippen molar-refractivity contribution in [2.75, 3.05) is 0 Å². The fourth-order valence-corrected chi connectivity index (χ4v) is 4.09. The van der Waals surface area contributed by atoms with E-state index in [1.807, 2.05) is 18.2 Å². The van der Waals surface area contributed by atoms with E-state index in [0.717, 1.165) is 11.1 Å². The molecule has 4 atom stereocenters. The molecule has 24 heavy (non-hydrogen) atoms. The van der Waals surface area contributed by atoms with E-state index in [0.29, 0.717) is 11.5 Å². The summed E-state index contributed by atoms with van der Waals surface area (Å²) >= 11 is 0. The molecule has 3 aliphatic rings. The zero-order chi connectivity index (χ0) is 16.8. The molecule has 120 valence electrons. The van der Waals surface area contributed by atoms with Crippen molar-refractivity contribution in [3.8, 4) is 5.75 Å². The van der Waals surface area contributed by atoms with E-state index in [1.165, 1.54) is 0 Å². The fourth-order valence-electron chi connectivity index (χ4n) is 4.09. The maximum absolute atomic E-state index is 12.6. The Morgan fingerprint density at radius 3 is 2.21 bits per heavy atom. The first-order chi connectivity index (χ1) is 11.7. The Hall–Kier alpha value is -2.88. The van der Waals surface area contributed by atoms with E-state index in [1.54, 1.807) is 30.4 Å². The number of esters is 2. The molecule has 1 aromatic rings. The molecule has 0 N–H and O–H groups in total. The molecule has 4 rings (SSSR count). The van der Waals surface area contributed by atoms with Gasteiger partial charge in [-0.1, -0.05) is 49.6 Å². The second-order valence-electron chi connectivity index (χ2n) is 6.11. The van der Waals surface area contributed by atoms with Gasteiger partial charge in [0.05, 0.1) is 11.8 Å². The van der Waals surface area contributed by atoms with Gasteiger partial charge in [-0.2, -0.15) is 0 Å². The highest BCUT2D eigenvalue weighted by atomic mass is 16.5. The first-order valence-electron chi connectivity index (χ1n) is 7.85. The van der Waals surface area contributed by atoms with Gasteiger partial charge in [-0.05, 0) is 23.3 Å². The molecular formula is C20H16O4. The number of para-hydroxylation sites is 1. The maximum atomic E-state index is 12.6. The average molecular weight is 320 g/mol. The average Bonchev–Trinajstić information content (AvgIpc) is 2.53. The molecule has 4 nitrogen and oxygen atoms in total. The van der Waals surface area contributed by atoms with E-state index in [9.17, 15) is 9.59 Å². The molecule has 0 amide bonds. The maximum Gasteiger partial charge on any atom is 0.315 e. The molecule has 1 saturated heterocycles. The second-order valence-corrected chi connectivity index (χ2v) is 6.11. The topological polar surface area (TPSA) is 52.6 Å². The summed E-state index contributed by atoms with van der Waals surface area (Å²) in [6.45, 7) is 7.38. The van der Waals surface area contributed by atoms with Crippen molar-refractivity contribution in [3.05, 3.63) is 78.6 Å². The van der Waals surface area contributed by atoms with Gasteiger partial charge in [0, 0.05) is 11.8 Å². The van der Waals surface area contributed by atoms with Crippen LogP contribution in [0.3, 0.4) is 0 Å². The quantitative estimate of drug-likeness (QED) is 0.620. The highest BCUT2D eigenvalue weighted by Gasteiger charge is 2.64. The summed E-state index contributed by atoms with van der Waals surface area (Å²) in [5.74, 6) is -0.824. The van der Waals surface area contributed by atoms with Crippen molar-refractivity contribution in [3.63, 3.8) is 0 Å². The fraction of sp³-hybridized carbons (Fsp3) is 0.200. The summed E-state index contributed by atoms with van der Waals surface area (Å²) in [6, 6.07) is 7.37. The van der Waals surface area contributed by atoms with Gasteiger partial charge in [0.1, 0.15) is 11.5 Å². The lowest BCUT2D eigenvalue weighted by Gasteiger charge is -2.54. The van der Waals surface area contributed by atoms with E-state index in [-0.39, 0.29) is 35.6 Å². The molecule has 4 heteroatoms. The number of cyclic esters (lactones) is 1. The van der Waals surface area contributed by atoms with Crippen LogP contribution in [0.1, 0.15) is 11.5 Å². The summed E-state index contributed by atoms with van der Waals surface area (Å²) in [5, 5.41) is 0. The van der Waals surface area contributed by atoms with Crippen LogP contribution >= 0.6 is 0 Å². The molecule has 2 fully saturated rings. The second kappa shape index (κ2) is 5.34. The minimum absolute atomic E-state index is 0.196. The molecule has 0 bridgehead atoms. The van der Waals surface area contributed by atoms with Crippen LogP contribution in [0.15, 0.2) is 73.1 Å². The first-order valence-corrected chi connectivity index (χ1v) is 7.85. The standard InChI is InChI=1S/C20H16O4/c1-3-7-11-13(8-4-2)23-19(21)17-15(11)18-16(17)12-9-5-6-10-14(12)24-20(18)22/h3-10,15-18H,1-2H2/b11-7+,13-8+. The van der Waals surface area contributed by atoms with Crippen LogP contribution in [0.5, 0.6) is 5.75 Å². The van der Waals surface area contributed by atoms with Crippen LogP contribution in [0.2, 0.25) is 0 Å². The molecule has 1 aromatic carbocycles. The molecule has 2 heterocycles. The molecule has 0 radical (unpaired) electrons. The van der Waals surface area contributed by atoms with Gasteiger partial charge < -0.3 is 9.47 Å². The predicted octanol–water partition coefficient (Wildman–Crippen LogP) is 3.29. The zero-order valence-corrected chi connectivity index (χ0v) is 13.0. The van der Waals surface area contributed by atoms with Crippen LogP contribution in [0.25, 0.3) is 0 Å². The lowest BCUT2D eigenvalue weighted by atomic mass is 9.50. The summed E-state index contributed by atoms with van der Waals surface area (Å²) in [7, 11) is 0. The number of fused-ring (bicyclic) bond motifs is 6. The number of ether oxygens (including phenoxy) is 2. The van der Waals surface area contributed by atoms with Crippen molar-refractivity contribution in [1.29, 1.82) is 0 Å². The number of rotatable bonds is 2. The Morgan fingerprint density at radius 1 is 0.833 bits per heavy atom. The smallest absolute Gasteiger partial charge is 0.315 e. The zero-order valence-electron chi connectivity index (χ0n) is 13.0. The Morgan fingerprint density at radius 2 is 1.50 bits per heavy atom. The van der Waals surface area contributed by atoms with Gasteiger partial charge in [0.15, 0.2) is 0 Å². The third-order valence-corrected chi connectivity index (χ3v) is 5.00. The van der Waals surface area contributed by atoms with Gasteiger partial charge in [-0.3, -0.25) is 9.59 Å². The number of hydrogen-bond acceptors (Lipinski definition) is 4. The summed E-state index contributed by atoms with van der Waals surface area (Å²) in [5.41, 5.74) is 1.70. The third-order valence-electron chi connectivity index (χ3n) is 5.00. The van der Waals surface area contributed by atoms with Crippen molar-refractivity contribution >= 4 is 11.9 Å². The molecule has 1 aliphatic carbocycles.